The minimum atomic E-state index is 0.887. The highest BCUT2D eigenvalue weighted by molar-refractivity contribution is 7.98. The maximum Gasteiger partial charge on any atom is 0.118 e. The van der Waals surface area contributed by atoms with Crippen LogP contribution in [-0.2, 0) is 5.75 Å². The zero-order chi connectivity index (χ0) is 11.5. The first-order valence-electron chi connectivity index (χ1n) is 5.13. The topological polar surface area (TPSA) is 38.7 Å². The van der Waals surface area contributed by atoms with Gasteiger partial charge in [0.1, 0.15) is 11.4 Å². The summed E-state index contributed by atoms with van der Waals surface area (Å²) in [5.74, 6) is 0.887. The van der Waals surface area contributed by atoms with Crippen LogP contribution in [0.2, 0.25) is 0 Å². The van der Waals surface area contributed by atoms with Gasteiger partial charge in [0.15, 0.2) is 0 Å². The second kappa shape index (κ2) is 4.81. The Bertz CT molecular complexity index is 622. The van der Waals surface area contributed by atoms with E-state index < -0.39 is 0 Å². The summed E-state index contributed by atoms with van der Waals surface area (Å²) in [5.41, 5.74) is 2.24. The highest BCUT2D eigenvalue weighted by atomic mass is 32.2. The van der Waals surface area contributed by atoms with E-state index in [1.54, 1.807) is 35.6 Å². The van der Waals surface area contributed by atoms with Gasteiger partial charge >= 0.3 is 0 Å². The van der Waals surface area contributed by atoms with Gasteiger partial charge in [0, 0.05) is 18.1 Å². The maximum atomic E-state index is 4.34. The van der Waals surface area contributed by atoms with Gasteiger partial charge < -0.3 is 0 Å². The zero-order valence-corrected chi connectivity index (χ0v) is 10.5. The van der Waals surface area contributed by atoms with E-state index >= 15 is 0 Å². The predicted molar refractivity (Wildman–Crippen MR) is 71.2 cm³/mol. The molecule has 0 saturated heterocycles. The van der Waals surface area contributed by atoms with E-state index in [0.29, 0.717) is 0 Å². The molecular formula is C12H9N3S2. The normalized spacial score (nSPS) is 10.8. The molecule has 0 aliphatic carbocycles. The van der Waals surface area contributed by atoms with Crippen molar-refractivity contribution in [3.63, 3.8) is 0 Å². The van der Waals surface area contributed by atoms with Crippen LogP contribution in [0.5, 0.6) is 0 Å². The standard InChI is InChI=1S/C12H9N3S2/c1-2-9(6-13-4-1)7-17-12-11-10(3-5-16-11)14-8-15-12/h1-6,8H,7H2. The van der Waals surface area contributed by atoms with Crippen molar-refractivity contribution < 1.29 is 0 Å². The molecule has 0 aliphatic rings. The van der Waals surface area contributed by atoms with Crippen LogP contribution in [0.15, 0.2) is 47.3 Å². The van der Waals surface area contributed by atoms with Gasteiger partial charge in [0.2, 0.25) is 0 Å². The summed E-state index contributed by atoms with van der Waals surface area (Å²) < 4.78 is 1.17. The van der Waals surface area contributed by atoms with Crippen LogP contribution >= 0.6 is 23.1 Å². The Hall–Kier alpha value is -1.46. The van der Waals surface area contributed by atoms with E-state index in [9.17, 15) is 0 Å². The summed E-state index contributed by atoms with van der Waals surface area (Å²) >= 11 is 3.41. The fourth-order valence-corrected chi connectivity index (χ4v) is 3.38. The highest BCUT2D eigenvalue weighted by Gasteiger charge is 2.05. The fourth-order valence-electron chi connectivity index (χ4n) is 1.50. The van der Waals surface area contributed by atoms with Crippen LogP contribution in [-0.4, -0.2) is 15.0 Å². The molecule has 3 aromatic heterocycles. The molecule has 0 amide bonds. The lowest BCUT2D eigenvalue weighted by molar-refractivity contribution is 1.11. The Morgan fingerprint density at radius 2 is 2.24 bits per heavy atom. The molecule has 0 aliphatic heterocycles. The average molecular weight is 259 g/mol. The monoisotopic (exact) mass is 259 g/mol. The van der Waals surface area contributed by atoms with Gasteiger partial charge in [-0.1, -0.05) is 6.07 Å². The van der Waals surface area contributed by atoms with Gasteiger partial charge in [-0.15, -0.1) is 23.1 Å². The second-order valence-electron chi connectivity index (χ2n) is 3.46. The second-order valence-corrected chi connectivity index (χ2v) is 5.34. The maximum absolute atomic E-state index is 4.34. The largest absolute Gasteiger partial charge is 0.264 e. The number of thioether (sulfide) groups is 1. The van der Waals surface area contributed by atoms with E-state index in [-0.39, 0.29) is 0 Å². The number of rotatable bonds is 3. The molecule has 5 heteroatoms. The molecule has 3 nitrogen and oxygen atoms in total. The third-order valence-corrected chi connectivity index (χ3v) is 4.41. The molecule has 0 fully saturated rings. The van der Waals surface area contributed by atoms with E-state index in [0.717, 1.165) is 16.3 Å². The summed E-state index contributed by atoms with van der Waals surface area (Å²) in [6, 6.07) is 6.05. The van der Waals surface area contributed by atoms with Crippen LogP contribution in [0.1, 0.15) is 5.56 Å². The first-order valence-corrected chi connectivity index (χ1v) is 7.00. The first-order chi connectivity index (χ1) is 8.43. The molecule has 84 valence electrons. The molecule has 0 aromatic carbocycles. The van der Waals surface area contributed by atoms with Crippen LogP contribution in [0.4, 0.5) is 0 Å². The Labute approximate surface area is 107 Å². The number of aromatic nitrogens is 3. The summed E-state index contributed by atoms with van der Waals surface area (Å²) in [6.45, 7) is 0. The van der Waals surface area contributed by atoms with Crippen molar-refractivity contribution in [1.82, 2.24) is 15.0 Å². The number of nitrogens with zero attached hydrogens (tertiary/aromatic N) is 3. The van der Waals surface area contributed by atoms with E-state index in [4.69, 9.17) is 0 Å². The van der Waals surface area contributed by atoms with Crippen molar-refractivity contribution in [3.8, 4) is 0 Å². The van der Waals surface area contributed by atoms with Crippen molar-refractivity contribution in [2.45, 2.75) is 10.8 Å². The molecule has 17 heavy (non-hydrogen) atoms. The fraction of sp³-hybridized carbons (Fsp3) is 0.0833. The number of hydrogen-bond acceptors (Lipinski definition) is 5. The average Bonchev–Trinajstić information content (AvgIpc) is 2.86. The minimum Gasteiger partial charge on any atom is -0.264 e. The number of thiophene rings is 1. The zero-order valence-electron chi connectivity index (χ0n) is 8.91. The van der Waals surface area contributed by atoms with Crippen LogP contribution in [0.25, 0.3) is 10.2 Å². The Balaban J connectivity index is 1.84. The molecule has 0 saturated carbocycles. The van der Waals surface area contributed by atoms with Gasteiger partial charge in [-0.3, -0.25) is 4.98 Å². The van der Waals surface area contributed by atoms with Crippen LogP contribution < -0.4 is 0 Å². The van der Waals surface area contributed by atoms with E-state index in [1.165, 1.54) is 10.3 Å². The Kier molecular flexibility index (Phi) is 3.02. The molecule has 0 atom stereocenters. The number of hydrogen-bond donors (Lipinski definition) is 0. The minimum absolute atomic E-state index is 0.887. The molecule has 0 unspecified atom stereocenters. The number of fused-ring (bicyclic) bond motifs is 1. The molecule has 3 aromatic rings. The first kappa shape index (κ1) is 10.7. The summed E-state index contributed by atoms with van der Waals surface area (Å²) in [6.07, 6.45) is 5.30. The van der Waals surface area contributed by atoms with Crippen molar-refractivity contribution in [3.05, 3.63) is 47.9 Å². The van der Waals surface area contributed by atoms with Gasteiger partial charge in [0.05, 0.1) is 10.2 Å². The third-order valence-electron chi connectivity index (χ3n) is 2.31. The van der Waals surface area contributed by atoms with Crippen LogP contribution in [0, 0.1) is 0 Å². The summed E-state index contributed by atoms with van der Waals surface area (Å²) in [5, 5.41) is 3.10. The lowest BCUT2D eigenvalue weighted by Gasteiger charge is -2.01. The van der Waals surface area contributed by atoms with Gasteiger partial charge in [-0.25, -0.2) is 9.97 Å². The lowest BCUT2D eigenvalue weighted by Crippen LogP contribution is -1.85. The molecule has 0 spiro atoms. The number of pyridine rings is 1. The van der Waals surface area contributed by atoms with Crippen LogP contribution in [0.3, 0.4) is 0 Å². The molecule has 0 N–H and O–H groups in total. The summed E-state index contributed by atoms with van der Waals surface area (Å²) in [4.78, 5) is 12.7. The Morgan fingerprint density at radius 3 is 3.12 bits per heavy atom. The quantitative estimate of drug-likeness (QED) is 0.534. The van der Waals surface area contributed by atoms with E-state index in [2.05, 4.69) is 21.0 Å². The molecule has 0 bridgehead atoms. The highest BCUT2D eigenvalue weighted by Crippen LogP contribution is 2.30. The molecular weight excluding hydrogens is 250 g/mol. The van der Waals surface area contributed by atoms with Crippen molar-refractivity contribution >= 4 is 33.3 Å². The van der Waals surface area contributed by atoms with E-state index in [1.807, 2.05) is 23.7 Å². The van der Waals surface area contributed by atoms with Crippen molar-refractivity contribution in [2.24, 2.45) is 0 Å². The van der Waals surface area contributed by atoms with Gasteiger partial charge in [-0.05, 0) is 23.1 Å². The predicted octanol–water partition coefficient (Wildman–Crippen LogP) is 3.38. The molecule has 3 heterocycles. The van der Waals surface area contributed by atoms with Crippen molar-refractivity contribution in [1.29, 1.82) is 0 Å². The van der Waals surface area contributed by atoms with Gasteiger partial charge in [0.25, 0.3) is 0 Å². The molecule has 0 radical (unpaired) electrons. The van der Waals surface area contributed by atoms with Gasteiger partial charge in [-0.2, -0.15) is 0 Å². The van der Waals surface area contributed by atoms with Crippen molar-refractivity contribution in [2.75, 3.05) is 0 Å². The smallest absolute Gasteiger partial charge is 0.118 e. The SMILES string of the molecule is c1cncc(CSc2ncnc3ccsc23)c1. The third kappa shape index (κ3) is 2.30. The molecule has 3 rings (SSSR count). The Morgan fingerprint density at radius 1 is 1.24 bits per heavy atom. The lowest BCUT2D eigenvalue weighted by atomic mass is 10.3. The summed E-state index contributed by atoms with van der Waals surface area (Å²) in [7, 11) is 0.